The summed E-state index contributed by atoms with van der Waals surface area (Å²) in [5.74, 6) is -1.14. The number of carboxylic acids is 1. The molecular weight excluding hydrogens is 332 g/mol. The van der Waals surface area contributed by atoms with Crippen LogP contribution in [0.25, 0.3) is 5.65 Å². The highest BCUT2D eigenvalue weighted by atomic mass is 32.2. The van der Waals surface area contributed by atoms with Gasteiger partial charge in [-0.25, -0.2) is 9.50 Å². The molecule has 0 atom stereocenters. The highest BCUT2D eigenvalue weighted by molar-refractivity contribution is 7.99. The number of H-pyrrole nitrogens is 1. The molecule has 0 bridgehead atoms. The van der Waals surface area contributed by atoms with Crippen LogP contribution >= 0.6 is 11.8 Å². The molecule has 2 rings (SSSR count). The van der Waals surface area contributed by atoms with Crippen LogP contribution in [0.1, 0.15) is 37.6 Å². The van der Waals surface area contributed by atoms with Gasteiger partial charge in [0.2, 0.25) is 0 Å². The SMILES string of the molecule is CCC(C)(C)CSc1cc(=O)c(C(=O)NCC(=O)O)c2nc[nH]n12. The van der Waals surface area contributed by atoms with Gasteiger partial charge in [0.1, 0.15) is 23.5 Å². The van der Waals surface area contributed by atoms with Gasteiger partial charge in [-0.1, -0.05) is 27.2 Å². The van der Waals surface area contributed by atoms with Gasteiger partial charge in [-0.05, 0) is 5.41 Å². The van der Waals surface area contributed by atoms with Gasteiger partial charge in [-0.2, -0.15) is 0 Å². The van der Waals surface area contributed by atoms with Crippen molar-refractivity contribution in [2.75, 3.05) is 12.3 Å². The number of hydrogen-bond acceptors (Lipinski definition) is 5. The first-order chi connectivity index (χ1) is 11.2. The second kappa shape index (κ2) is 7.08. The van der Waals surface area contributed by atoms with E-state index in [2.05, 4.69) is 36.2 Å². The molecule has 3 N–H and O–H groups in total. The Morgan fingerprint density at radius 1 is 1.46 bits per heavy atom. The first-order valence-electron chi connectivity index (χ1n) is 7.47. The molecule has 0 aromatic carbocycles. The predicted octanol–water partition coefficient (Wildman–Crippen LogP) is 1.37. The van der Waals surface area contributed by atoms with Crippen LogP contribution in [0.2, 0.25) is 0 Å². The van der Waals surface area contributed by atoms with Crippen molar-refractivity contribution in [2.45, 2.75) is 32.2 Å². The maximum atomic E-state index is 12.3. The number of rotatable bonds is 7. The molecule has 2 heterocycles. The molecule has 0 aliphatic carbocycles. The summed E-state index contributed by atoms with van der Waals surface area (Å²) < 4.78 is 1.56. The fourth-order valence-electron chi connectivity index (χ4n) is 1.91. The van der Waals surface area contributed by atoms with E-state index >= 15 is 0 Å². The van der Waals surface area contributed by atoms with Gasteiger partial charge in [0.25, 0.3) is 5.91 Å². The number of fused-ring (bicyclic) bond motifs is 1. The van der Waals surface area contributed by atoms with Crippen molar-refractivity contribution in [1.82, 2.24) is 19.9 Å². The number of thioether (sulfide) groups is 1. The molecule has 24 heavy (non-hydrogen) atoms. The minimum absolute atomic E-state index is 0.109. The monoisotopic (exact) mass is 352 g/mol. The van der Waals surface area contributed by atoms with E-state index < -0.39 is 23.9 Å². The summed E-state index contributed by atoms with van der Waals surface area (Å²) in [6, 6.07) is 1.37. The van der Waals surface area contributed by atoms with E-state index in [4.69, 9.17) is 5.11 Å². The Bertz CT molecular complexity index is 824. The molecule has 0 spiro atoms. The van der Waals surface area contributed by atoms with Gasteiger partial charge < -0.3 is 10.4 Å². The molecule has 1 amide bonds. The Morgan fingerprint density at radius 3 is 2.79 bits per heavy atom. The van der Waals surface area contributed by atoms with E-state index in [0.29, 0.717) is 5.03 Å². The number of carbonyl (C=O) groups is 2. The van der Waals surface area contributed by atoms with Crippen LogP contribution in [0.4, 0.5) is 0 Å². The van der Waals surface area contributed by atoms with Gasteiger partial charge in [0.05, 0.1) is 0 Å². The van der Waals surface area contributed by atoms with Gasteiger partial charge in [-0.15, -0.1) is 11.8 Å². The number of nitrogens with zero attached hydrogens (tertiary/aromatic N) is 2. The summed E-state index contributed by atoms with van der Waals surface area (Å²) in [4.78, 5) is 39.1. The number of aromatic nitrogens is 3. The smallest absolute Gasteiger partial charge is 0.322 e. The van der Waals surface area contributed by atoms with E-state index in [1.54, 1.807) is 4.52 Å². The molecule has 0 aliphatic heterocycles. The molecule has 130 valence electrons. The second-order valence-electron chi connectivity index (χ2n) is 6.15. The lowest BCUT2D eigenvalue weighted by Gasteiger charge is -2.21. The number of pyridine rings is 1. The second-order valence-corrected chi connectivity index (χ2v) is 7.15. The molecule has 8 nitrogen and oxygen atoms in total. The average molecular weight is 352 g/mol. The standard InChI is InChI=1S/C15H20N4O4S/c1-4-15(2,3)7-24-10-5-9(20)12(13-17-8-18-19(10)13)14(23)16-6-11(21)22/h5,8H,4,6-7H2,1-3H3,(H,16,23)(H,17,18)(H,21,22). The van der Waals surface area contributed by atoms with Gasteiger partial charge in [0, 0.05) is 11.8 Å². The fourth-order valence-corrected chi connectivity index (χ4v) is 3.11. The summed E-state index contributed by atoms with van der Waals surface area (Å²) in [6.45, 7) is 5.83. The zero-order chi connectivity index (χ0) is 17.9. The van der Waals surface area contributed by atoms with Crippen LogP contribution < -0.4 is 10.7 Å². The average Bonchev–Trinajstić information content (AvgIpc) is 2.99. The summed E-state index contributed by atoms with van der Waals surface area (Å²) in [7, 11) is 0. The predicted molar refractivity (Wildman–Crippen MR) is 90.6 cm³/mol. The Kier molecular flexibility index (Phi) is 5.33. The zero-order valence-corrected chi connectivity index (χ0v) is 14.6. The number of aromatic amines is 1. The summed E-state index contributed by atoms with van der Waals surface area (Å²) in [5, 5.41) is 14.4. The first-order valence-corrected chi connectivity index (χ1v) is 8.45. The number of hydrogen-bond donors (Lipinski definition) is 3. The molecule has 0 radical (unpaired) electrons. The zero-order valence-electron chi connectivity index (χ0n) is 13.8. The number of carboxylic acid groups (broad SMARTS) is 1. The van der Waals surface area contributed by atoms with E-state index in [0.717, 1.165) is 12.2 Å². The molecule has 0 fully saturated rings. The quantitative estimate of drug-likeness (QED) is 0.648. The lowest BCUT2D eigenvalue weighted by molar-refractivity contribution is -0.135. The van der Waals surface area contributed by atoms with Crippen LogP contribution in [-0.4, -0.2) is 43.9 Å². The maximum absolute atomic E-state index is 12.3. The van der Waals surface area contributed by atoms with Gasteiger partial charge in [-0.3, -0.25) is 19.5 Å². The third-order valence-electron chi connectivity index (χ3n) is 3.73. The summed E-state index contributed by atoms with van der Waals surface area (Å²) in [6.07, 6.45) is 2.38. The molecule has 0 saturated carbocycles. The van der Waals surface area contributed by atoms with Crippen molar-refractivity contribution in [3.8, 4) is 0 Å². The molecule has 0 aliphatic rings. The Hall–Kier alpha value is -2.29. The molecular formula is C15H20N4O4S. The Labute approximate surface area is 142 Å². The molecule has 0 saturated heterocycles. The van der Waals surface area contributed by atoms with Crippen molar-refractivity contribution in [3.63, 3.8) is 0 Å². The maximum Gasteiger partial charge on any atom is 0.322 e. The van der Waals surface area contributed by atoms with Crippen molar-refractivity contribution < 1.29 is 14.7 Å². The fraction of sp³-hybridized carbons (Fsp3) is 0.467. The lowest BCUT2D eigenvalue weighted by atomic mass is 9.93. The van der Waals surface area contributed by atoms with Crippen LogP contribution in [0, 0.1) is 5.41 Å². The Balaban J connectivity index is 2.37. The van der Waals surface area contributed by atoms with Gasteiger partial charge >= 0.3 is 5.97 Å². The topological polar surface area (TPSA) is 117 Å². The Morgan fingerprint density at radius 2 is 2.17 bits per heavy atom. The highest BCUT2D eigenvalue weighted by Crippen LogP contribution is 2.29. The van der Waals surface area contributed by atoms with Crippen LogP contribution in [-0.2, 0) is 4.79 Å². The number of nitrogens with one attached hydrogen (secondary N) is 2. The third-order valence-corrected chi connectivity index (χ3v) is 5.25. The van der Waals surface area contributed by atoms with Crippen LogP contribution in [0.15, 0.2) is 22.2 Å². The van der Waals surface area contributed by atoms with Gasteiger partial charge in [0.15, 0.2) is 11.1 Å². The van der Waals surface area contributed by atoms with E-state index in [1.807, 2.05) is 0 Å². The van der Waals surface area contributed by atoms with Crippen LogP contribution in [0.5, 0.6) is 0 Å². The van der Waals surface area contributed by atoms with Crippen molar-refractivity contribution in [3.05, 3.63) is 28.2 Å². The summed E-state index contributed by atoms with van der Waals surface area (Å²) >= 11 is 1.50. The molecule has 2 aromatic heterocycles. The third kappa shape index (κ3) is 3.97. The van der Waals surface area contributed by atoms with Crippen molar-refractivity contribution in [2.24, 2.45) is 5.41 Å². The minimum atomic E-state index is -1.18. The number of aliphatic carboxylic acids is 1. The minimum Gasteiger partial charge on any atom is -0.480 e. The largest absolute Gasteiger partial charge is 0.480 e. The van der Waals surface area contributed by atoms with Crippen molar-refractivity contribution >= 4 is 29.3 Å². The first kappa shape index (κ1) is 18.1. The van der Waals surface area contributed by atoms with E-state index in [1.165, 1.54) is 24.2 Å². The molecule has 0 unspecified atom stereocenters. The van der Waals surface area contributed by atoms with E-state index in [-0.39, 0.29) is 16.6 Å². The van der Waals surface area contributed by atoms with E-state index in [9.17, 15) is 14.4 Å². The number of carbonyl (C=O) groups excluding carboxylic acids is 1. The van der Waals surface area contributed by atoms with Crippen LogP contribution in [0.3, 0.4) is 0 Å². The lowest BCUT2D eigenvalue weighted by Crippen LogP contribution is -2.33. The highest BCUT2D eigenvalue weighted by Gasteiger charge is 2.21. The number of amides is 1. The molecule has 9 heteroatoms. The normalized spacial score (nSPS) is 11.6. The summed E-state index contributed by atoms with van der Waals surface area (Å²) in [5.41, 5.74) is -0.362. The van der Waals surface area contributed by atoms with Crippen molar-refractivity contribution in [1.29, 1.82) is 0 Å². The molecule has 2 aromatic rings.